The largest absolute Gasteiger partial charge is 0.490 e. The van der Waals surface area contributed by atoms with Gasteiger partial charge in [-0.05, 0) is 66.8 Å². The van der Waals surface area contributed by atoms with Gasteiger partial charge in [-0.1, -0.05) is 20.8 Å². The molecule has 1 aromatic heterocycles. The summed E-state index contributed by atoms with van der Waals surface area (Å²) in [7, 11) is 0. The van der Waals surface area contributed by atoms with E-state index in [1.807, 2.05) is 19.1 Å². The molecule has 192 valence electrons. The second kappa shape index (κ2) is 11.4. The van der Waals surface area contributed by atoms with Gasteiger partial charge in [-0.15, -0.1) is 11.3 Å². The minimum atomic E-state index is -0.0641. The van der Waals surface area contributed by atoms with Crippen LogP contribution < -0.4 is 9.47 Å². The molecule has 2 heterocycles. The Labute approximate surface area is 217 Å². The number of aliphatic imine (C=N–C) groups is 1. The fourth-order valence-corrected chi connectivity index (χ4v) is 5.91. The van der Waals surface area contributed by atoms with Gasteiger partial charge in [-0.25, -0.2) is 4.99 Å². The number of hydrogen-bond donors (Lipinski definition) is 0. The van der Waals surface area contributed by atoms with Crippen molar-refractivity contribution in [2.45, 2.75) is 47.0 Å². The van der Waals surface area contributed by atoms with Crippen molar-refractivity contribution in [1.29, 1.82) is 5.26 Å². The maximum Gasteiger partial charge on any atom is 0.260 e. The molecule has 2 aliphatic rings. The van der Waals surface area contributed by atoms with Crippen LogP contribution >= 0.6 is 11.3 Å². The van der Waals surface area contributed by atoms with Crippen LogP contribution in [0.3, 0.4) is 0 Å². The molecular formula is C28H35N3O4S. The normalized spacial score (nSPS) is 18.1. The molecule has 0 saturated carbocycles. The van der Waals surface area contributed by atoms with Crippen LogP contribution in [0.15, 0.2) is 23.2 Å². The van der Waals surface area contributed by atoms with E-state index in [9.17, 15) is 10.1 Å². The highest BCUT2D eigenvalue weighted by Crippen LogP contribution is 2.45. The van der Waals surface area contributed by atoms with Crippen molar-refractivity contribution < 1.29 is 19.0 Å². The number of nitriles is 1. The van der Waals surface area contributed by atoms with Crippen LogP contribution in [0.25, 0.3) is 0 Å². The number of carbonyl (C=O) groups is 1. The minimum Gasteiger partial charge on any atom is -0.490 e. The van der Waals surface area contributed by atoms with Gasteiger partial charge in [-0.2, -0.15) is 5.26 Å². The van der Waals surface area contributed by atoms with Crippen molar-refractivity contribution >= 4 is 28.5 Å². The standard InChI is InChI=1S/C28H35N3O4S/c1-5-34-24-14-19(6-9-23(24)35-18-26(32)31-10-12-33-13-11-31)17-30-27-22(16-29)21-8-7-20(28(2,3)4)15-25(21)36-27/h6,9,14,17,20H,5,7-8,10-13,15,18H2,1-4H3/t20-/m0/s1. The summed E-state index contributed by atoms with van der Waals surface area (Å²) in [6, 6.07) is 7.94. The molecule has 1 fully saturated rings. The van der Waals surface area contributed by atoms with Gasteiger partial charge in [0.15, 0.2) is 18.1 Å². The summed E-state index contributed by atoms with van der Waals surface area (Å²) in [5, 5.41) is 10.6. The van der Waals surface area contributed by atoms with Gasteiger partial charge in [0.25, 0.3) is 5.91 Å². The average molecular weight is 510 g/mol. The third-order valence-corrected chi connectivity index (χ3v) is 8.06. The van der Waals surface area contributed by atoms with Crippen LogP contribution in [-0.2, 0) is 22.4 Å². The lowest BCUT2D eigenvalue weighted by Crippen LogP contribution is -2.43. The van der Waals surface area contributed by atoms with E-state index in [0.717, 1.165) is 29.8 Å². The zero-order valence-electron chi connectivity index (χ0n) is 21.6. The number of amides is 1. The summed E-state index contributed by atoms with van der Waals surface area (Å²) >= 11 is 1.64. The van der Waals surface area contributed by atoms with Crippen molar-refractivity contribution in [3.8, 4) is 17.6 Å². The smallest absolute Gasteiger partial charge is 0.260 e. The lowest BCUT2D eigenvalue weighted by atomic mass is 9.72. The Hall–Kier alpha value is -2.89. The molecule has 1 aliphatic heterocycles. The Morgan fingerprint density at radius 3 is 2.75 bits per heavy atom. The number of ether oxygens (including phenoxy) is 3. The first-order valence-corrected chi connectivity index (χ1v) is 13.5. The first-order valence-electron chi connectivity index (χ1n) is 12.6. The maximum absolute atomic E-state index is 12.4. The fraction of sp³-hybridized carbons (Fsp3) is 0.536. The summed E-state index contributed by atoms with van der Waals surface area (Å²) in [6.07, 6.45) is 4.83. The van der Waals surface area contributed by atoms with Gasteiger partial charge in [0, 0.05) is 24.2 Å². The van der Waals surface area contributed by atoms with E-state index in [2.05, 4.69) is 26.8 Å². The van der Waals surface area contributed by atoms with Crippen molar-refractivity contribution in [3.05, 3.63) is 39.8 Å². The lowest BCUT2D eigenvalue weighted by Gasteiger charge is -2.33. The first kappa shape index (κ1) is 26.2. The Morgan fingerprint density at radius 2 is 2.06 bits per heavy atom. The van der Waals surface area contributed by atoms with E-state index in [1.54, 1.807) is 28.5 Å². The molecule has 0 radical (unpaired) electrons. The van der Waals surface area contributed by atoms with Crippen molar-refractivity contribution in [3.63, 3.8) is 0 Å². The molecule has 36 heavy (non-hydrogen) atoms. The van der Waals surface area contributed by atoms with Gasteiger partial charge >= 0.3 is 0 Å². The van der Waals surface area contributed by atoms with Crippen LogP contribution in [0.2, 0.25) is 0 Å². The number of morpholine rings is 1. The second-order valence-electron chi connectivity index (χ2n) is 10.3. The summed E-state index contributed by atoms with van der Waals surface area (Å²) in [5.74, 6) is 1.64. The Bertz CT molecular complexity index is 1150. The molecule has 0 N–H and O–H groups in total. The molecule has 1 amide bonds. The van der Waals surface area contributed by atoms with E-state index >= 15 is 0 Å². The first-order chi connectivity index (χ1) is 17.3. The molecule has 1 aliphatic carbocycles. The summed E-state index contributed by atoms with van der Waals surface area (Å²) < 4.78 is 16.9. The SMILES string of the molecule is CCOc1cc(C=Nc2sc3c(c2C#N)CC[C@H](C(C)(C)C)C3)ccc1OCC(=O)N1CCOCC1. The molecule has 8 heteroatoms. The van der Waals surface area contributed by atoms with Crippen molar-refractivity contribution in [2.24, 2.45) is 16.3 Å². The summed E-state index contributed by atoms with van der Waals surface area (Å²) in [4.78, 5) is 20.2. The Morgan fingerprint density at radius 1 is 1.28 bits per heavy atom. The highest BCUT2D eigenvalue weighted by molar-refractivity contribution is 7.16. The molecular weight excluding hydrogens is 474 g/mol. The number of hydrogen-bond acceptors (Lipinski definition) is 7. The fourth-order valence-electron chi connectivity index (χ4n) is 4.69. The molecule has 1 saturated heterocycles. The minimum absolute atomic E-state index is 0.0463. The number of carbonyl (C=O) groups excluding carboxylic acids is 1. The van der Waals surface area contributed by atoms with Gasteiger partial charge in [0.2, 0.25) is 0 Å². The van der Waals surface area contributed by atoms with E-state index in [-0.39, 0.29) is 17.9 Å². The molecule has 0 spiro atoms. The van der Waals surface area contributed by atoms with Gasteiger partial charge in [-0.3, -0.25) is 4.79 Å². The molecule has 1 atom stereocenters. The molecule has 0 bridgehead atoms. The van der Waals surface area contributed by atoms with Crippen molar-refractivity contribution in [2.75, 3.05) is 39.5 Å². The van der Waals surface area contributed by atoms with E-state index < -0.39 is 0 Å². The molecule has 7 nitrogen and oxygen atoms in total. The van der Waals surface area contributed by atoms with Crippen LogP contribution in [-0.4, -0.2) is 56.5 Å². The summed E-state index contributed by atoms with van der Waals surface area (Å²) in [5.41, 5.74) is 2.99. The van der Waals surface area contributed by atoms with E-state index in [4.69, 9.17) is 19.2 Å². The quantitative estimate of drug-likeness (QED) is 0.482. The highest BCUT2D eigenvalue weighted by Gasteiger charge is 2.32. The maximum atomic E-state index is 12.4. The van der Waals surface area contributed by atoms with Crippen LogP contribution in [0.4, 0.5) is 5.00 Å². The number of benzene rings is 1. The Balaban J connectivity index is 1.48. The number of nitrogens with zero attached hydrogens (tertiary/aromatic N) is 3. The number of thiophene rings is 1. The molecule has 4 rings (SSSR count). The molecule has 2 aromatic rings. The Kier molecular flexibility index (Phi) is 8.32. The van der Waals surface area contributed by atoms with E-state index in [1.165, 1.54) is 10.4 Å². The predicted octanol–water partition coefficient (Wildman–Crippen LogP) is 5.16. The van der Waals surface area contributed by atoms with Crippen LogP contribution in [0.1, 0.15) is 55.7 Å². The lowest BCUT2D eigenvalue weighted by molar-refractivity contribution is -0.137. The third-order valence-electron chi connectivity index (χ3n) is 6.90. The van der Waals surface area contributed by atoms with Crippen LogP contribution in [0, 0.1) is 22.7 Å². The van der Waals surface area contributed by atoms with Gasteiger partial charge in [0.05, 0.1) is 25.4 Å². The number of fused-ring (bicyclic) bond motifs is 1. The summed E-state index contributed by atoms with van der Waals surface area (Å²) in [6.45, 7) is 11.5. The van der Waals surface area contributed by atoms with E-state index in [0.29, 0.717) is 55.9 Å². The zero-order chi connectivity index (χ0) is 25.7. The zero-order valence-corrected chi connectivity index (χ0v) is 22.5. The third kappa shape index (κ3) is 6.08. The average Bonchev–Trinajstić information content (AvgIpc) is 3.23. The van der Waals surface area contributed by atoms with Gasteiger partial charge in [0.1, 0.15) is 11.1 Å². The predicted molar refractivity (Wildman–Crippen MR) is 142 cm³/mol. The highest BCUT2D eigenvalue weighted by atomic mass is 32.1. The second-order valence-corrected chi connectivity index (χ2v) is 11.4. The van der Waals surface area contributed by atoms with Crippen LogP contribution in [0.5, 0.6) is 11.5 Å². The van der Waals surface area contributed by atoms with Crippen molar-refractivity contribution in [1.82, 2.24) is 4.90 Å². The molecule has 1 aromatic carbocycles. The molecule has 0 unspecified atom stereocenters. The topological polar surface area (TPSA) is 84.2 Å². The monoisotopic (exact) mass is 509 g/mol. The van der Waals surface area contributed by atoms with Gasteiger partial charge < -0.3 is 19.1 Å². The number of rotatable bonds is 7.